The highest BCUT2D eigenvalue weighted by atomic mass is 35.5. The summed E-state index contributed by atoms with van der Waals surface area (Å²) in [7, 11) is 0. The summed E-state index contributed by atoms with van der Waals surface area (Å²) in [6, 6.07) is 5.82. The summed E-state index contributed by atoms with van der Waals surface area (Å²) in [6.07, 6.45) is 4.07. The van der Waals surface area contributed by atoms with Crippen molar-refractivity contribution in [2.45, 2.75) is 12.5 Å². The molecule has 0 bridgehead atoms. The SMILES string of the molecule is O[C@H]1CCN(c2ccc(-c3nc4cnc(Cl)cc4s3)cn2)C1. The van der Waals surface area contributed by atoms with Crippen LogP contribution in [0.3, 0.4) is 0 Å². The second kappa shape index (κ2) is 5.46. The lowest BCUT2D eigenvalue weighted by Crippen LogP contribution is -2.21. The van der Waals surface area contributed by atoms with Gasteiger partial charge in [0.1, 0.15) is 21.5 Å². The quantitative estimate of drug-likeness (QED) is 0.731. The van der Waals surface area contributed by atoms with Gasteiger partial charge in [0.15, 0.2) is 0 Å². The van der Waals surface area contributed by atoms with Crippen LogP contribution in [0.2, 0.25) is 5.15 Å². The van der Waals surface area contributed by atoms with Gasteiger partial charge in [-0.1, -0.05) is 11.6 Å². The molecular formula is C15H13ClN4OS. The molecule has 0 radical (unpaired) electrons. The van der Waals surface area contributed by atoms with Gasteiger partial charge >= 0.3 is 0 Å². The van der Waals surface area contributed by atoms with Crippen molar-refractivity contribution in [1.82, 2.24) is 15.0 Å². The van der Waals surface area contributed by atoms with Gasteiger partial charge in [0.25, 0.3) is 0 Å². The number of aliphatic hydroxyl groups is 1. The first-order valence-electron chi connectivity index (χ1n) is 7.00. The third-order valence-electron chi connectivity index (χ3n) is 3.72. The fourth-order valence-corrected chi connectivity index (χ4v) is 3.77. The van der Waals surface area contributed by atoms with Crippen molar-refractivity contribution < 1.29 is 5.11 Å². The molecule has 7 heteroatoms. The average molecular weight is 333 g/mol. The van der Waals surface area contributed by atoms with Crippen molar-refractivity contribution in [1.29, 1.82) is 0 Å². The van der Waals surface area contributed by atoms with E-state index < -0.39 is 0 Å². The average Bonchev–Trinajstić information content (AvgIpc) is 3.13. The summed E-state index contributed by atoms with van der Waals surface area (Å²) >= 11 is 7.48. The molecule has 1 fully saturated rings. The Labute approximate surface area is 136 Å². The molecule has 3 aromatic heterocycles. The maximum Gasteiger partial charge on any atom is 0.130 e. The molecule has 0 unspecified atom stereocenters. The highest BCUT2D eigenvalue weighted by molar-refractivity contribution is 7.21. The molecule has 3 aromatic rings. The van der Waals surface area contributed by atoms with Crippen LogP contribution in [0.25, 0.3) is 20.8 Å². The number of rotatable bonds is 2. The van der Waals surface area contributed by atoms with Gasteiger partial charge in [0.2, 0.25) is 0 Å². The lowest BCUT2D eigenvalue weighted by Gasteiger charge is -2.16. The van der Waals surface area contributed by atoms with E-state index in [4.69, 9.17) is 11.6 Å². The maximum absolute atomic E-state index is 9.60. The second-order valence-electron chi connectivity index (χ2n) is 5.29. The number of nitrogens with zero attached hydrogens (tertiary/aromatic N) is 4. The Morgan fingerprint density at radius 1 is 1.27 bits per heavy atom. The van der Waals surface area contributed by atoms with Gasteiger partial charge in [0.05, 0.1) is 17.0 Å². The predicted molar refractivity (Wildman–Crippen MR) is 88.5 cm³/mol. The highest BCUT2D eigenvalue weighted by Crippen LogP contribution is 2.31. The van der Waals surface area contributed by atoms with Gasteiger partial charge in [-0.25, -0.2) is 15.0 Å². The number of hydrogen-bond donors (Lipinski definition) is 1. The first kappa shape index (κ1) is 13.9. The van der Waals surface area contributed by atoms with Crippen molar-refractivity contribution in [3.63, 3.8) is 0 Å². The van der Waals surface area contributed by atoms with Gasteiger partial charge in [0, 0.05) is 24.8 Å². The fraction of sp³-hybridized carbons (Fsp3) is 0.267. The smallest absolute Gasteiger partial charge is 0.130 e. The zero-order chi connectivity index (χ0) is 15.1. The van der Waals surface area contributed by atoms with Crippen molar-refractivity contribution in [3.05, 3.63) is 35.7 Å². The van der Waals surface area contributed by atoms with E-state index in [1.54, 1.807) is 17.5 Å². The van der Waals surface area contributed by atoms with E-state index in [1.165, 1.54) is 0 Å². The molecule has 0 saturated carbocycles. The molecule has 0 spiro atoms. The van der Waals surface area contributed by atoms with E-state index in [-0.39, 0.29) is 6.10 Å². The molecule has 4 heterocycles. The minimum atomic E-state index is -0.247. The summed E-state index contributed by atoms with van der Waals surface area (Å²) in [5.41, 5.74) is 1.82. The minimum absolute atomic E-state index is 0.247. The topological polar surface area (TPSA) is 62.1 Å². The third-order valence-corrected chi connectivity index (χ3v) is 5.00. The Morgan fingerprint density at radius 3 is 2.91 bits per heavy atom. The van der Waals surface area contributed by atoms with Crippen LogP contribution in [0.5, 0.6) is 0 Å². The van der Waals surface area contributed by atoms with Crippen LogP contribution in [0.4, 0.5) is 5.82 Å². The summed E-state index contributed by atoms with van der Waals surface area (Å²) in [4.78, 5) is 15.2. The van der Waals surface area contributed by atoms with Crippen molar-refractivity contribution in [3.8, 4) is 10.6 Å². The van der Waals surface area contributed by atoms with Crippen LogP contribution in [0, 0.1) is 0 Å². The summed E-state index contributed by atoms with van der Waals surface area (Å²) < 4.78 is 1.02. The van der Waals surface area contributed by atoms with E-state index in [0.29, 0.717) is 11.7 Å². The van der Waals surface area contributed by atoms with Crippen LogP contribution < -0.4 is 4.90 Å². The van der Waals surface area contributed by atoms with Crippen LogP contribution in [-0.4, -0.2) is 39.3 Å². The van der Waals surface area contributed by atoms with Gasteiger partial charge in [-0.2, -0.15) is 0 Å². The normalized spacial score (nSPS) is 18.3. The van der Waals surface area contributed by atoms with E-state index in [1.807, 2.05) is 24.4 Å². The minimum Gasteiger partial charge on any atom is -0.391 e. The van der Waals surface area contributed by atoms with E-state index in [9.17, 15) is 5.11 Å². The Balaban J connectivity index is 1.64. The largest absolute Gasteiger partial charge is 0.391 e. The van der Waals surface area contributed by atoms with Gasteiger partial charge in [-0.15, -0.1) is 11.3 Å². The number of aromatic nitrogens is 3. The van der Waals surface area contributed by atoms with Crippen LogP contribution >= 0.6 is 22.9 Å². The lowest BCUT2D eigenvalue weighted by atomic mass is 10.3. The Bertz CT molecular complexity index is 820. The molecule has 0 amide bonds. The molecule has 0 aromatic carbocycles. The summed E-state index contributed by atoms with van der Waals surface area (Å²) in [5, 5.41) is 11.0. The fourth-order valence-electron chi connectivity index (χ4n) is 2.58. The molecule has 5 nitrogen and oxygen atoms in total. The maximum atomic E-state index is 9.60. The third kappa shape index (κ3) is 2.54. The molecule has 1 aliphatic rings. The van der Waals surface area contributed by atoms with Gasteiger partial charge in [-0.3, -0.25) is 0 Å². The number of halogens is 1. The zero-order valence-electron chi connectivity index (χ0n) is 11.6. The molecule has 4 rings (SSSR count). The molecule has 1 atom stereocenters. The molecule has 1 aliphatic heterocycles. The first-order valence-corrected chi connectivity index (χ1v) is 8.20. The number of fused-ring (bicyclic) bond motifs is 1. The lowest BCUT2D eigenvalue weighted by molar-refractivity contribution is 0.198. The van der Waals surface area contributed by atoms with Gasteiger partial charge in [-0.05, 0) is 24.6 Å². The number of aliphatic hydroxyl groups excluding tert-OH is 1. The van der Waals surface area contributed by atoms with Crippen LogP contribution in [0.1, 0.15) is 6.42 Å². The number of hydrogen-bond acceptors (Lipinski definition) is 6. The molecular weight excluding hydrogens is 320 g/mol. The van der Waals surface area contributed by atoms with Gasteiger partial charge < -0.3 is 10.0 Å². The molecule has 22 heavy (non-hydrogen) atoms. The first-order chi connectivity index (χ1) is 10.7. The van der Waals surface area contributed by atoms with Crippen LogP contribution in [0.15, 0.2) is 30.6 Å². The van der Waals surface area contributed by atoms with Crippen molar-refractivity contribution in [2.24, 2.45) is 0 Å². The zero-order valence-corrected chi connectivity index (χ0v) is 13.2. The van der Waals surface area contributed by atoms with Crippen molar-refractivity contribution in [2.75, 3.05) is 18.0 Å². The van der Waals surface area contributed by atoms with Crippen LogP contribution in [-0.2, 0) is 0 Å². The van der Waals surface area contributed by atoms with E-state index in [2.05, 4.69) is 19.9 Å². The molecule has 0 aliphatic carbocycles. The number of β-amino-alcohol motifs (C(OH)–C–C–N with tert-alkyl or cyclic N) is 1. The highest BCUT2D eigenvalue weighted by Gasteiger charge is 2.21. The monoisotopic (exact) mass is 332 g/mol. The number of pyridine rings is 2. The predicted octanol–water partition coefficient (Wildman–Crippen LogP) is 2.98. The second-order valence-corrected chi connectivity index (χ2v) is 6.71. The van der Waals surface area contributed by atoms with E-state index in [0.717, 1.165) is 39.6 Å². The Hall–Kier alpha value is -1.76. The molecule has 1 N–H and O–H groups in total. The van der Waals surface area contributed by atoms with Crippen molar-refractivity contribution >= 4 is 39.0 Å². The standard InChI is InChI=1S/C15H13ClN4OS/c16-13-5-12-11(7-17-13)19-15(22-12)9-1-2-14(18-6-9)20-4-3-10(21)8-20/h1-2,5-7,10,21H,3-4,8H2/t10-/m0/s1. The number of anilines is 1. The Kier molecular flexibility index (Phi) is 3.44. The Morgan fingerprint density at radius 2 is 2.18 bits per heavy atom. The van der Waals surface area contributed by atoms with E-state index >= 15 is 0 Å². The number of thiazole rings is 1. The summed E-state index contributed by atoms with van der Waals surface area (Å²) in [5.74, 6) is 0.895. The molecule has 1 saturated heterocycles. The molecule has 112 valence electrons. The summed E-state index contributed by atoms with van der Waals surface area (Å²) in [6.45, 7) is 1.50.